The highest BCUT2D eigenvalue weighted by molar-refractivity contribution is 5.82. The van der Waals surface area contributed by atoms with Crippen molar-refractivity contribution in [2.45, 2.75) is 33.6 Å². The lowest BCUT2D eigenvalue weighted by atomic mass is 9.94. The predicted octanol–water partition coefficient (Wildman–Crippen LogP) is 2.26. The molecule has 0 spiro atoms. The van der Waals surface area contributed by atoms with Crippen LogP contribution in [0.25, 0.3) is 0 Å². The Morgan fingerprint density at radius 2 is 2.10 bits per heavy atom. The molecule has 1 aliphatic carbocycles. The van der Waals surface area contributed by atoms with Gasteiger partial charge in [-0.05, 0) is 18.3 Å². The van der Waals surface area contributed by atoms with Gasteiger partial charge in [0.05, 0.1) is 0 Å². The third-order valence-corrected chi connectivity index (χ3v) is 2.61. The summed E-state index contributed by atoms with van der Waals surface area (Å²) in [5, 5.41) is 0. The molecular weight excluding hydrogens is 124 g/mol. The van der Waals surface area contributed by atoms with Crippen LogP contribution in [-0.2, 0) is 4.79 Å². The van der Waals surface area contributed by atoms with Crippen LogP contribution in [0.2, 0.25) is 0 Å². The van der Waals surface area contributed by atoms with Crippen molar-refractivity contribution in [2.24, 2.45) is 17.8 Å². The standard InChI is InChI=1S/C9H16O/c1-6(2)8-4-7(3)9(10)5-8/h6-8H,4-5H2,1-3H3/t7?,8-/m0/s1. The molecule has 0 N–H and O–H groups in total. The molecule has 0 aromatic carbocycles. The van der Waals surface area contributed by atoms with E-state index in [1.165, 1.54) is 0 Å². The normalized spacial score (nSPS) is 33.8. The number of Topliss-reactive ketones (excluding diaryl/α,β-unsaturated/α-hetero) is 1. The molecule has 1 unspecified atom stereocenters. The van der Waals surface area contributed by atoms with Crippen LogP contribution in [-0.4, -0.2) is 5.78 Å². The summed E-state index contributed by atoms with van der Waals surface area (Å²) < 4.78 is 0. The van der Waals surface area contributed by atoms with Crippen LogP contribution in [0.4, 0.5) is 0 Å². The molecule has 2 atom stereocenters. The molecule has 1 rings (SSSR count). The fourth-order valence-electron chi connectivity index (χ4n) is 1.64. The molecule has 1 heteroatoms. The molecule has 0 saturated heterocycles. The van der Waals surface area contributed by atoms with Gasteiger partial charge in [-0.1, -0.05) is 20.8 Å². The van der Waals surface area contributed by atoms with Gasteiger partial charge in [0.1, 0.15) is 5.78 Å². The van der Waals surface area contributed by atoms with Crippen molar-refractivity contribution >= 4 is 5.78 Å². The zero-order valence-electron chi connectivity index (χ0n) is 7.05. The van der Waals surface area contributed by atoms with Gasteiger partial charge in [0.2, 0.25) is 0 Å². The number of carbonyl (C=O) groups excluding carboxylic acids is 1. The maximum atomic E-state index is 11.1. The predicted molar refractivity (Wildman–Crippen MR) is 41.7 cm³/mol. The number of ketones is 1. The van der Waals surface area contributed by atoms with Gasteiger partial charge in [-0.3, -0.25) is 4.79 Å². The Morgan fingerprint density at radius 1 is 1.50 bits per heavy atom. The highest BCUT2D eigenvalue weighted by atomic mass is 16.1. The average Bonchev–Trinajstić information content (AvgIpc) is 2.13. The van der Waals surface area contributed by atoms with Crippen molar-refractivity contribution in [3.05, 3.63) is 0 Å². The fourth-order valence-corrected chi connectivity index (χ4v) is 1.64. The maximum absolute atomic E-state index is 11.1. The van der Waals surface area contributed by atoms with Crippen LogP contribution in [0.3, 0.4) is 0 Å². The molecule has 0 amide bonds. The summed E-state index contributed by atoms with van der Waals surface area (Å²) in [6.45, 7) is 6.46. The summed E-state index contributed by atoms with van der Waals surface area (Å²) in [4.78, 5) is 11.1. The lowest BCUT2D eigenvalue weighted by molar-refractivity contribution is -0.120. The van der Waals surface area contributed by atoms with E-state index in [0.717, 1.165) is 12.8 Å². The van der Waals surface area contributed by atoms with E-state index in [4.69, 9.17) is 0 Å². The summed E-state index contributed by atoms with van der Waals surface area (Å²) in [7, 11) is 0. The monoisotopic (exact) mass is 140 g/mol. The number of carbonyl (C=O) groups is 1. The minimum absolute atomic E-state index is 0.340. The van der Waals surface area contributed by atoms with Crippen LogP contribution in [0.5, 0.6) is 0 Å². The third kappa shape index (κ3) is 1.39. The summed E-state index contributed by atoms with van der Waals surface area (Å²) in [5.74, 6) is 2.17. The van der Waals surface area contributed by atoms with Gasteiger partial charge in [-0.2, -0.15) is 0 Å². The Hall–Kier alpha value is -0.330. The fraction of sp³-hybridized carbons (Fsp3) is 0.889. The van der Waals surface area contributed by atoms with Crippen LogP contribution in [0.1, 0.15) is 33.6 Å². The zero-order valence-corrected chi connectivity index (χ0v) is 7.05. The van der Waals surface area contributed by atoms with Gasteiger partial charge in [0, 0.05) is 12.3 Å². The first-order valence-electron chi connectivity index (χ1n) is 4.14. The van der Waals surface area contributed by atoms with E-state index >= 15 is 0 Å². The van der Waals surface area contributed by atoms with Crippen molar-refractivity contribution < 1.29 is 4.79 Å². The summed E-state index contributed by atoms with van der Waals surface area (Å²) in [5.41, 5.74) is 0. The Morgan fingerprint density at radius 3 is 2.30 bits per heavy atom. The van der Waals surface area contributed by atoms with E-state index < -0.39 is 0 Å². The SMILES string of the molecule is CC1C[C@H](C(C)C)CC1=O. The molecule has 10 heavy (non-hydrogen) atoms. The zero-order chi connectivity index (χ0) is 7.72. The van der Waals surface area contributed by atoms with Crippen molar-refractivity contribution in [2.75, 3.05) is 0 Å². The second-order valence-corrected chi connectivity index (χ2v) is 3.81. The molecular formula is C9H16O. The average molecular weight is 140 g/mol. The topological polar surface area (TPSA) is 17.1 Å². The molecule has 0 aromatic heterocycles. The molecule has 0 aromatic rings. The van der Waals surface area contributed by atoms with Crippen LogP contribution >= 0.6 is 0 Å². The Labute approximate surface area is 62.8 Å². The van der Waals surface area contributed by atoms with E-state index in [1.807, 2.05) is 6.92 Å². The van der Waals surface area contributed by atoms with Crippen LogP contribution in [0.15, 0.2) is 0 Å². The van der Waals surface area contributed by atoms with Gasteiger partial charge in [-0.15, -0.1) is 0 Å². The maximum Gasteiger partial charge on any atom is 0.135 e. The Bertz CT molecular complexity index is 138. The van der Waals surface area contributed by atoms with E-state index in [9.17, 15) is 4.79 Å². The summed E-state index contributed by atoms with van der Waals surface area (Å²) in [6, 6.07) is 0. The molecule has 0 heterocycles. The first-order valence-corrected chi connectivity index (χ1v) is 4.14. The molecule has 1 saturated carbocycles. The van der Waals surface area contributed by atoms with Crippen molar-refractivity contribution in [3.8, 4) is 0 Å². The lowest BCUT2D eigenvalue weighted by Gasteiger charge is -2.11. The minimum atomic E-state index is 0.340. The van der Waals surface area contributed by atoms with Gasteiger partial charge in [-0.25, -0.2) is 0 Å². The van der Waals surface area contributed by atoms with Crippen LogP contribution < -0.4 is 0 Å². The highest BCUT2D eigenvalue weighted by Crippen LogP contribution is 2.32. The van der Waals surface area contributed by atoms with Crippen molar-refractivity contribution in [3.63, 3.8) is 0 Å². The molecule has 1 fully saturated rings. The highest BCUT2D eigenvalue weighted by Gasteiger charge is 2.30. The number of hydrogen-bond acceptors (Lipinski definition) is 1. The van der Waals surface area contributed by atoms with E-state index in [-0.39, 0.29) is 0 Å². The molecule has 0 radical (unpaired) electrons. The Kier molecular flexibility index (Phi) is 2.12. The third-order valence-electron chi connectivity index (χ3n) is 2.61. The van der Waals surface area contributed by atoms with E-state index in [2.05, 4.69) is 13.8 Å². The van der Waals surface area contributed by atoms with Gasteiger partial charge in [0.25, 0.3) is 0 Å². The van der Waals surface area contributed by atoms with Gasteiger partial charge >= 0.3 is 0 Å². The molecule has 1 aliphatic rings. The van der Waals surface area contributed by atoms with Gasteiger partial charge < -0.3 is 0 Å². The summed E-state index contributed by atoms with van der Waals surface area (Å²) >= 11 is 0. The van der Waals surface area contributed by atoms with E-state index in [0.29, 0.717) is 23.5 Å². The largest absolute Gasteiger partial charge is 0.299 e. The second kappa shape index (κ2) is 2.73. The summed E-state index contributed by atoms with van der Waals surface area (Å²) in [6.07, 6.45) is 1.95. The van der Waals surface area contributed by atoms with Gasteiger partial charge in [0.15, 0.2) is 0 Å². The molecule has 58 valence electrons. The smallest absolute Gasteiger partial charge is 0.135 e. The molecule has 1 nitrogen and oxygen atoms in total. The first kappa shape index (κ1) is 7.77. The quantitative estimate of drug-likeness (QED) is 0.546. The van der Waals surface area contributed by atoms with Crippen molar-refractivity contribution in [1.29, 1.82) is 0 Å². The number of rotatable bonds is 1. The van der Waals surface area contributed by atoms with E-state index in [1.54, 1.807) is 0 Å². The van der Waals surface area contributed by atoms with Crippen LogP contribution in [0, 0.1) is 17.8 Å². The number of hydrogen-bond donors (Lipinski definition) is 0. The lowest BCUT2D eigenvalue weighted by Crippen LogP contribution is -2.03. The second-order valence-electron chi connectivity index (χ2n) is 3.81. The van der Waals surface area contributed by atoms with Crippen molar-refractivity contribution in [1.82, 2.24) is 0 Å². The Balaban J connectivity index is 2.49. The first-order chi connectivity index (χ1) is 4.61. The molecule has 0 aliphatic heterocycles. The minimum Gasteiger partial charge on any atom is -0.299 e. The molecule has 0 bridgehead atoms.